The van der Waals surface area contributed by atoms with Gasteiger partial charge in [-0.25, -0.2) is 0 Å². The fourth-order valence-corrected chi connectivity index (χ4v) is 0.395. The van der Waals surface area contributed by atoms with Gasteiger partial charge in [0.15, 0.2) is 0 Å². The van der Waals surface area contributed by atoms with Gasteiger partial charge in [0.25, 0.3) is 0 Å². The molecule has 0 bridgehead atoms. The van der Waals surface area contributed by atoms with E-state index in [-0.39, 0.29) is 0 Å². The molecule has 0 saturated carbocycles. The summed E-state index contributed by atoms with van der Waals surface area (Å²) in [5, 5.41) is 0. The van der Waals surface area contributed by atoms with Gasteiger partial charge in [0.2, 0.25) is 0 Å². The molecule has 0 amide bonds. The van der Waals surface area contributed by atoms with Crippen LogP contribution in [0.2, 0.25) is 0 Å². The second-order valence-corrected chi connectivity index (χ2v) is 2.61. The average Bonchev–Trinajstić information content (AvgIpc) is 0.722. The molecule has 0 aromatic rings. The zero-order valence-corrected chi connectivity index (χ0v) is 4.88. The molecule has 0 N–H and O–H groups in total. The fourth-order valence-electron chi connectivity index (χ4n) is 0.0589. The molecule has 0 atom stereocenters. The van der Waals surface area contributed by atoms with Crippen molar-refractivity contribution in [2.24, 2.45) is 0 Å². The summed E-state index contributed by atoms with van der Waals surface area (Å²) in [6, 6.07) is 0. The molecule has 4 heavy (non-hydrogen) atoms. The molecule has 0 aromatic heterocycles. The molecule has 0 spiro atoms. The van der Waals surface area contributed by atoms with E-state index in [9.17, 15) is 0 Å². The third-order valence-corrected chi connectivity index (χ3v) is 1.58. The molecule has 1 fully saturated rings. The van der Waals surface area contributed by atoms with Crippen LogP contribution in [0.3, 0.4) is 0 Å². The zero-order valence-electron chi connectivity index (χ0n) is 2.02. The summed E-state index contributed by atoms with van der Waals surface area (Å²) in [5.41, 5.74) is 0. The molecule has 1 aliphatic heterocycles. The van der Waals surface area contributed by atoms with E-state index in [4.69, 9.17) is 0 Å². The Labute approximate surface area is 35.4 Å². The molecule has 1 rings (SSSR count). The number of rotatable bonds is 0. The minimum atomic E-state index is -0.596. The summed E-state index contributed by atoms with van der Waals surface area (Å²) in [6.07, 6.45) is 0. The molecule has 2 radical (unpaired) electrons. The summed E-state index contributed by atoms with van der Waals surface area (Å²) in [6.45, 7) is 0.576. The summed E-state index contributed by atoms with van der Waals surface area (Å²) in [7, 11) is 0. The Kier molecular flexibility index (Phi) is 0.904. The van der Waals surface area contributed by atoms with Crippen LogP contribution in [0.5, 0.6) is 0 Å². The van der Waals surface area contributed by atoms with Gasteiger partial charge < -0.3 is 0 Å². The van der Waals surface area contributed by atoms with Crippen LogP contribution in [-0.2, 0) is 6.15 Å². The topological polar surface area (TPSA) is 18.5 Å². The standard InChI is InChI=1S/CH2O2.Sn/c2-1-3;/h1H2;/q-2;+2. The summed E-state index contributed by atoms with van der Waals surface area (Å²) >= 11 is -0.596. The van der Waals surface area contributed by atoms with E-state index in [0.29, 0.717) is 6.79 Å². The van der Waals surface area contributed by atoms with Crippen molar-refractivity contribution in [2.75, 3.05) is 6.79 Å². The maximum absolute atomic E-state index is 4.67. The van der Waals surface area contributed by atoms with Gasteiger partial charge in [-0.05, 0) is 0 Å². The van der Waals surface area contributed by atoms with Crippen LogP contribution in [0.1, 0.15) is 0 Å². The van der Waals surface area contributed by atoms with Gasteiger partial charge in [-0.15, -0.1) is 0 Å². The molecular formula is CH2O2Sn. The van der Waals surface area contributed by atoms with E-state index in [1.165, 1.54) is 0 Å². The molecule has 2 nitrogen and oxygen atoms in total. The van der Waals surface area contributed by atoms with Gasteiger partial charge in [-0.2, -0.15) is 0 Å². The van der Waals surface area contributed by atoms with Crippen LogP contribution in [-0.4, -0.2) is 28.8 Å². The molecular weight excluding hydrogens is 163 g/mol. The maximum atomic E-state index is 4.67. The Balaban J connectivity index is 2.00. The van der Waals surface area contributed by atoms with Crippen molar-refractivity contribution >= 4 is 22.0 Å². The van der Waals surface area contributed by atoms with Crippen LogP contribution in [0, 0.1) is 0 Å². The Morgan fingerprint density at radius 3 is 1.75 bits per heavy atom. The van der Waals surface area contributed by atoms with Gasteiger partial charge >= 0.3 is 34.9 Å². The van der Waals surface area contributed by atoms with Crippen molar-refractivity contribution in [3.8, 4) is 0 Å². The Hall–Kier alpha value is 0.719. The second kappa shape index (κ2) is 1.23. The fraction of sp³-hybridized carbons (Fsp3) is 1.00. The van der Waals surface area contributed by atoms with Crippen molar-refractivity contribution in [1.82, 2.24) is 0 Å². The summed E-state index contributed by atoms with van der Waals surface area (Å²) in [4.78, 5) is 0. The first-order chi connectivity index (χ1) is 2.00. The third-order valence-electron chi connectivity index (χ3n) is 0.236. The average molecular weight is 165 g/mol. The summed E-state index contributed by atoms with van der Waals surface area (Å²) < 4.78 is 9.34. The van der Waals surface area contributed by atoms with E-state index in [1.54, 1.807) is 0 Å². The van der Waals surface area contributed by atoms with Gasteiger partial charge in [0.05, 0.1) is 0 Å². The second-order valence-electron chi connectivity index (χ2n) is 0.490. The van der Waals surface area contributed by atoms with Crippen LogP contribution < -0.4 is 0 Å². The van der Waals surface area contributed by atoms with Gasteiger partial charge in [-0.1, -0.05) is 0 Å². The van der Waals surface area contributed by atoms with E-state index in [0.717, 1.165) is 0 Å². The Morgan fingerprint density at radius 2 is 1.75 bits per heavy atom. The minimum absolute atomic E-state index is 0.576. The van der Waals surface area contributed by atoms with E-state index >= 15 is 0 Å². The normalized spacial score (nSPS) is 24.0. The Bertz CT molecular complexity index is 14.0. The van der Waals surface area contributed by atoms with Crippen molar-refractivity contribution in [2.45, 2.75) is 0 Å². The van der Waals surface area contributed by atoms with Crippen molar-refractivity contribution in [3.63, 3.8) is 0 Å². The molecule has 1 aliphatic rings. The van der Waals surface area contributed by atoms with Crippen molar-refractivity contribution in [1.29, 1.82) is 0 Å². The quantitative estimate of drug-likeness (QED) is 0.451. The van der Waals surface area contributed by atoms with Crippen LogP contribution in [0.25, 0.3) is 0 Å². The molecule has 0 aromatic carbocycles. The zero-order chi connectivity index (χ0) is 2.83. The van der Waals surface area contributed by atoms with Crippen LogP contribution >= 0.6 is 0 Å². The van der Waals surface area contributed by atoms with Crippen LogP contribution in [0.15, 0.2) is 0 Å². The Morgan fingerprint density at radius 1 is 1.50 bits per heavy atom. The molecule has 0 aliphatic carbocycles. The number of hydrogen-bond donors (Lipinski definition) is 0. The molecule has 22 valence electrons. The first-order valence-electron chi connectivity index (χ1n) is 0.986. The molecule has 1 heterocycles. The van der Waals surface area contributed by atoms with E-state index < -0.39 is 22.0 Å². The van der Waals surface area contributed by atoms with Crippen molar-refractivity contribution < 1.29 is 6.15 Å². The van der Waals surface area contributed by atoms with Gasteiger partial charge in [-0.3, -0.25) is 0 Å². The predicted octanol–water partition coefficient (Wildman–Crippen LogP) is -0.475. The monoisotopic (exact) mass is 166 g/mol. The van der Waals surface area contributed by atoms with Gasteiger partial charge in [0, 0.05) is 0 Å². The molecule has 0 unspecified atom stereocenters. The molecule has 3 heteroatoms. The van der Waals surface area contributed by atoms with Crippen LogP contribution in [0.4, 0.5) is 0 Å². The van der Waals surface area contributed by atoms with Gasteiger partial charge in [0.1, 0.15) is 0 Å². The summed E-state index contributed by atoms with van der Waals surface area (Å²) in [5.74, 6) is 0. The van der Waals surface area contributed by atoms with E-state index in [2.05, 4.69) is 6.15 Å². The predicted molar refractivity (Wildman–Crippen MR) is 12.8 cm³/mol. The van der Waals surface area contributed by atoms with Crippen molar-refractivity contribution in [3.05, 3.63) is 0 Å². The van der Waals surface area contributed by atoms with E-state index in [1.807, 2.05) is 0 Å². The molecule has 1 saturated heterocycles. The SMILES string of the molecule is C1[O][Sn][O]1. The first-order valence-corrected chi connectivity index (χ1v) is 3.32. The number of hydrogen-bond acceptors (Lipinski definition) is 2. The third kappa shape index (κ3) is 0.361. The first kappa shape index (κ1) is 2.93.